The van der Waals surface area contributed by atoms with Gasteiger partial charge in [-0.15, -0.1) is 11.3 Å². The van der Waals surface area contributed by atoms with Gasteiger partial charge in [-0.3, -0.25) is 0 Å². The molecule has 0 saturated carbocycles. The minimum Gasteiger partial charge on any atom is -0.305 e. The highest BCUT2D eigenvalue weighted by molar-refractivity contribution is 7.11. The Morgan fingerprint density at radius 1 is 1.22 bits per heavy atom. The van der Waals surface area contributed by atoms with Crippen LogP contribution in [0.3, 0.4) is 0 Å². The Bertz CT molecular complexity index is 357. The lowest BCUT2D eigenvalue weighted by Gasteiger charge is -2.25. The third-order valence-corrected chi connectivity index (χ3v) is 4.43. The second-order valence-electron chi connectivity index (χ2n) is 5.47. The van der Waals surface area contributed by atoms with Gasteiger partial charge in [-0.25, -0.2) is 4.98 Å². The van der Waals surface area contributed by atoms with Crippen LogP contribution in [0.5, 0.6) is 0 Å². The molecule has 0 aliphatic rings. The van der Waals surface area contributed by atoms with Gasteiger partial charge in [0.1, 0.15) is 5.01 Å². The molecular weight excluding hydrogens is 240 g/mol. The van der Waals surface area contributed by atoms with Gasteiger partial charge >= 0.3 is 0 Å². The highest BCUT2D eigenvalue weighted by Gasteiger charge is 2.23. The Kier molecular flexibility index (Phi) is 6.30. The van der Waals surface area contributed by atoms with Gasteiger partial charge in [0.15, 0.2) is 0 Å². The molecule has 2 atom stereocenters. The van der Waals surface area contributed by atoms with E-state index >= 15 is 0 Å². The number of nitrogens with one attached hydrogen (secondary N) is 1. The third-order valence-electron chi connectivity index (χ3n) is 3.34. The second-order valence-corrected chi connectivity index (χ2v) is 6.71. The van der Waals surface area contributed by atoms with Crippen molar-refractivity contribution < 1.29 is 0 Å². The quantitative estimate of drug-likeness (QED) is 0.788. The summed E-state index contributed by atoms with van der Waals surface area (Å²) >= 11 is 1.87. The summed E-state index contributed by atoms with van der Waals surface area (Å²) < 4.78 is 0. The minimum absolute atomic E-state index is 0.411. The first-order chi connectivity index (χ1) is 8.49. The number of aromatic nitrogens is 1. The number of thiazole rings is 1. The van der Waals surface area contributed by atoms with Crippen LogP contribution in [-0.2, 0) is 6.42 Å². The zero-order valence-electron chi connectivity index (χ0n) is 12.7. The molecule has 0 bridgehead atoms. The predicted octanol–water partition coefficient (Wildman–Crippen LogP) is 4.49. The molecule has 1 N–H and O–H groups in total. The maximum absolute atomic E-state index is 4.84. The van der Waals surface area contributed by atoms with E-state index in [0.29, 0.717) is 18.0 Å². The van der Waals surface area contributed by atoms with Crippen LogP contribution >= 0.6 is 11.3 Å². The lowest BCUT2D eigenvalue weighted by atomic mass is 9.96. The average molecular weight is 268 g/mol. The van der Waals surface area contributed by atoms with Gasteiger partial charge in [0.05, 0.1) is 11.7 Å². The average Bonchev–Trinajstić information content (AvgIpc) is 2.67. The molecule has 1 heterocycles. The summed E-state index contributed by atoms with van der Waals surface area (Å²) in [5.74, 6) is 0.646. The maximum atomic E-state index is 4.84. The molecule has 0 amide bonds. The standard InChI is InChI=1S/C15H28N2S/c1-7-9-11(5)14(16-10(3)4)15-17-13(8-2)12(6)18-15/h10-11,14,16H,7-9H2,1-6H3. The van der Waals surface area contributed by atoms with Crippen LogP contribution in [0.1, 0.15) is 69.1 Å². The van der Waals surface area contributed by atoms with E-state index in [1.54, 1.807) is 0 Å². The normalized spacial score (nSPS) is 15.1. The van der Waals surface area contributed by atoms with Crippen LogP contribution < -0.4 is 5.32 Å². The third kappa shape index (κ3) is 4.06. The fourth-order valence-electron chi connectivity index (χ4n) is 2.37. The van der Waals surface area contributed by atoms with Crippen molar-refractivity contribution in [2.75, 3.05) is 0 Å². The predicted molar refractivity (Wildman–Crippen MR) is 81.3 cm³/mol. The van der Waals surface area contributed by atoms with E-state index < -0.39 is 0 Å². The summed E-state index contributed by atoms with van der Waals surface area (Å²) in [4.78, 5) is 6.22. The first-order valence-corrected chi connectivity index (χ1v) is 8.03. The van der Waals surface area contributed by atoms with E-state index in [9.17, 15) is 0 Å². The summed E-state index contributed by atoms with van der Waals surface area (Å²) in [7, 11) is 0. The van der Waals surface area contributed by atoms with E-state index in [-0.39, 0.29) is 0 Å². The van der Waals surface area contributed by atoms with Gasteiger partial charge in [0, 0.05) is 10.9 Å². The smallest absolute Gasteiger partial charge is 0.110 e. The molecule has 3 heteroatoms. The second kappa shape index (κ2) is 7.25. The Morgan fingerprint density at radius 3 is 2.33 bits per heavy atom. The molecule has 0 fully saturated rings. The van der Waals surface area contributed by atoms with Crippen molar-refractivity contribution in [2.24, 2.45) is 5.92 Å². The molecule has 2 nitrogen and oxygen atoms in total. The highest BCUT2D eigenvalue weighted by atomic mass is 32.1. The van der Waals surface area contributed by atoms with E-state index in [0.717, 1.165) is 6.42 Å². The first-order valence-electron chi connectivity index (χ1n) is 7.21. The molecule has 18 heavy (non-hydrogen) atoms. The molecule has 0 spiro atoms. The minimum atomic E-state index is 0.411. The highest BCUT2D eigenvalue weighted by Crippen LogP contribution is 2.31. The fourth-order valence-corrected chi connectivity index (χ4v) is 3.58. The SMILES string of the molecule is CCCC(C)C(NC(C)C)c1nc(CC)c(C)s1. The lowest BCUT2D eigenvalue weighted by molar-refractivity contribution is 0.339. The molecule has 0 aromatic carbocycles. The van der Waals surface area contributed by atoms with Crippen LogP contribution in [0.25, 0.3) is 0 Å². The van der Waals surface area contributed by atoms with E-state index in [4.69, 9.17) is 4.98 Å². The van der Waals surface area contributed by atoms with Crippen LogP contribution in [0.4, 0.5) is 0 Å². The Balaban J connectivity index is 2.93. The van der Waals surface area contributed by atoms with Crippen molar-refractivity contribution in [3.8, 4) is 0 Å². The number of hydrogen-bond donors (Lipinski definition) is 1. The Morgan fingerprint density at radius 2 is 1.89 bits per heavy atom. The summed E-state index contributed by atoms with van der Waals surface area (Å²) in [6.07, 6.45) is 3.53. The van der Waals surface area contributed by atoms with Crippen LogP contribution in [0, 0.1) is 12.8 Å². The Hall–Kier alpha value is -0.410. The van der Waals surface area contributed by atoms with Gasteiger partial charge in [-0.1, -0.05) is 41.0 Å². The molecule has 0 saturated heterocycles. The van der Waals surface area contributed by atoms with Crippen molar-refractivity contribution in [3.63, 3.8) is 0 Å². The van der Waals surface area contributed by atoms with Gasteiger partial charge in [0.25, 0.3) is 0 Å². The largest absolute Gasteiger partial charge is 0.305 e. The Labute approximate surface area is 116 Å². The molecule has 104 valence electrons. The number of aryl methyl sites for hydroxylation is 2. The van der Waals surface area contributed by atoms with Crippen LogP contribution in [0.2, 0.25) is 0 Å². The number of rotatable bonds is 7. The van der Waals surface area contributed by atoms with Crippen molar-refractivity contribution in [1.82, 2.24) is 10.3 Å². The van der Waals surface area contributed by atoms with Gasteiger partial charge in [-0.05, 0) is 25.7 Å². The van der Waals surface area contributed by atoms with Crippen molar-refractivity contribution in [1.29, 1.82) is 0 Å². The molecule has 0 aliphatic heterocycles. The maximum Gasteiger partial charge on any atom is 0.110 e. The van der Waals surface area contributed by atoms with Crippen molar-refractivity contribution >= 4 is 11.3 Å². The fraction of sp³-hybridized carbons (Fsp3) is 0.800. The van der Waals surface area contributed by atoms with Gasteiger partial charge in [-0.2, -0.15) is 0 Å². The molecule has 1 aromatic rings. The molecular formula is C15H28N2S. The van der Waals surface area contributed by atoms with Crippen LogP contribution in [0.15, 0.2) is 0 Å². The number of hydrogen-bond acceptors (Lipinski definition) is 3. The van der Waals surface area contributed by atoms with E-state index in [1.165, 1.54) is 28.4 Å². The number of nitrogens with zero attached hydrogens (tertiary/aromatic N) is 1. The topological polar surface area (TPSA) is 24.9 Å². The first kappa shape index (κ1) is 15.6. The van der Waals surface area contributed by atoms with Crippen molar-refractivity contribution in [3.05, 3.63) is 15.6 Å². The summed E-state index contributed by atoms with van der Waals surface area (Å²) in [6, 6.07) is 0.914. The van der Waals surface area contributed by atoms with Gasteiger partial charge in [0.2, 0.25) is 0 Å². The molecule has 0 aliphatic carbocycles. The lowest BCUT2D eigenvalue weighted by Crippen LogP contribution is -2.32. The van der Waals surface area contributed by atoms with Crippen LogP contribution in [-0.4, -0.2) is 11.0 Å². The summed E-state index contributed by atoms with van der Waals surface area (Å²) in [5, 5.41) is 4.97. The zero-order valence-corrected chi connectivity index (χ0v) is 13.5. The summed E-state index contributed by atoms with van der Waals surface area (Å²) in [5.41, 5.74) is 1.27. The van der Waals surface area contributed by atoms with Gasteiger partial charge < -0.3 is 5.32 Å². The summed E-state index contributed by atoms with van der Waals surface area (Å²) in [6.45, 7) is 13.4. The monoisotopic (exact) mass is 268 g/mol. The molecule has 1 aromatic heterocycles. The molecule has 2 unspecified atom stereocenters. The van der Waals surface area contributed by atoms with Crippen molar-refractivity contribution in [2.45, 2.75) is 72.9 Å². The molecule has 1 rings (SSSR count). The zero-order chi connectivity index (χ0) is 13.7. The molecule has 0 radical (unpaired) electrons. The van der Waals surface area contributed by atoms with E-state index in [2.05, 4.69) is 46.9 Å². The van der Waals surface area contributed by atoms with E-state index in [1.807, 2.05) is 11.3 Å².